The summed E-state index contributed by atoms with van der Waals surface area (Å²) in [4.78, 5) is 26.5. The summed E-state index contributed by atoms with van der Waals surface area (Å²) in [7, 11) is 0. The smallest absolute Gasteiger partial charge is 0.263 e. The van der Waals surface area contributed by atoms with Gasteiger partial charge in [0.2, 0.25) is 5.95 Å². The molecule has 1 fully saturated rings. The van der Waals surface area contributed by atoms with Gasteiger partial charge in [-0.15, -0.1) is 0 Å². The van der Waals surface area contributed by atoms with E-state index in [4.69, 9.17) is 4.74 Å². The molecule has 2 N–H and O–H groups in total. The summed E-state index contributed by atoms with van der Waals surface area (Å²) in [6.07, 6.45) is 3.62. The van der Waals surface area contributed by atoms with Crippen LogP contribution < -0.4 is 15.8 Å². The van der Waals surface area contributed by atoms with Gasteiger partial charge in [0.25, 0.3) is 5.56 Å². The second kappa shape index (κ2) is 7.47. The van der Waals surface area contributed by atoms with Crippen molar-refractivity contribution >= 4 is 22.8 Å². The number of rotatable bonds is 4. The molecule has 9 nitrogen and oxygen atoms in total. The number of aromatic amines is 1. The maximum absolute atomic E-state index is 12.4. The van der Waals surface area contributed by atoms with E-state index in [2.05, 4.69) is 37.2 Å². The van der Waals surface area contributed by atoms with E-state index in [1.807, 2.05) is 39.1 Å². The fourth-order valence-electron chi connectivity index (χ4n) is 3.41. The molecule has 0 spiro atoms. The van der Waals surface area contributed by atoms with E-state index in [0.29, 0.717) is 23.5 Å². The van der Waals surface area contributed by atoms with Crippen LogP contribution in [-0.2, 0) is 16.8 Å². The normalized spacial score (nSPS) is 17.7. The van der Waals surface area contributed by atoms with Gasteiger partial charge in [-0.25, -0.2) is 9.67 Å². The summed E-state index contributed by atoms with van der Waals surface area (Å²) in [5, 5.41) is 8.00. The van der Waals surface area contributed by atoms with Crippen molar-refractivity contribution in [3.63, 3.8) is 0 Å². The molecule has 1 aliphatic rings. The van der Waals surface area contributed by atoms with E-state index >= 15 is 0 Å². The van der Waals surface area contributed by atoms with Crippen molar-refractivity contribution < 1.29 is 4.74 Å². The van der Waals surface area contributed by atoms with Gasteiger partial charge in [-0.3, -0.25) is 9.78 Å². The summed E-state index contributed by atoms with van der Waals surface area (Å²) in [5.41, 5.74) is 1.10. The molecule has 0 bridgehead atoms. The Balaban J connectivity index is 1.49. The van der Waals surface area contributed by atoms with Crippen molar-refractivity contribution in [3.05, 3.63) is 40.4 Å². The lowest BCUT2D eigenvalue weighted by Crippen LogP contribution is -2.41. The predicted octanol–water partition coefficient (Wildman–Crippen LogP) is 2.11. The second-order valence-electron chi connectivity index (χ2n) is 8.38. The van der Waals surface area contributed by atoms with Crippen molar-refractivity contribution in [2.24, 2.45) is 0 Å². The van der Waals surface area contributed by atoms with Gasteiger partial charge in [0.05, 0.1) is 24.4 Å². The highest BCUT2D eigenvalue weighted by Gasteiger charge is 2.20. The summed E-state index contributed by atoms with van der Waals surface area (Å²) in [6.45, 7) is 11.1. The number of nitrogens with one attached hydrogen (secondary N) is 2. The number of ether oxygens (including phenoxy) is 1. The highest BCUT2D eigenvalue weighted by Crippen LogP contribution is 2.19. The summed E-state index contributed by atoms with van der Waals surface area (Å²) in [6, 6.07) is 4.05. The topological polar surface area (TPSA) is 101 Å². The molecule has 0 saturated carbocycles. The average molecular weight is 397 g/mol. The van der Waals surface area contributed by atoms with E-state index in [1.54, 1.807) is 10.9 Å². The van der Waals surface area contributed by atoms with Crippen LogP contribution in [-0.4, -0.2) is 50.5 Å². The van der Waals surface area contributed by atoms with Gasteiger partial charge < -0.3 is 15.0 Å². The number of hydrogen-bond donors (Lipinski definition) is 2. The Kier molecular flexibility index (Phi) is 4.99. The molecule has 3 aromatic rings. The fourth-order valence-corrected chi connectivity index (χ4v) is 3.41. The Morgan fingerprint density at radius 3 is 2.83 bits per heavy atom. The number of hydrogen-bond acceptors (Lipinski definition) is 7. The van der Waals surface area contributed by atoms with E-state index in [9.17, 15) is 4.79 Å². The second-order valence-corrected chi connectivity index (χ2v) is 8.38. The Hall–Kier alpha value is -2.94. The number of fused-ring (bicyclic) bond motifs is 1. The van der Waals surface area contributed by atoms with Crippen molar-refractivity contribution in [2.75, 3.05) is 29.9 Å². The summed E-state index contributed by atoms with van der Waals surface area (Å²) >= 11 is 0. The Labute approximate surface area is 169 Å². The maximum atomic E-state index is 12.4. The minimum atomic E-state index is -0.267. The lowest BCUT2D eigenvalue weighted by Gasteiger charge is -2.32. The van der Waals surface area contributed by atoms with Gasteiger partial charge in [-0.2, -0.15) is 10.1 Å². The number of morpholine rings is 1. The predicted molar refractivity (Wildman–Crippen MR) is 112 cm³/mol. The van der Waals surface area contributed by atoms with Crippen LogP contribution in [0.25, 0.3) is 11.0 Å². The molecule has 0 radical (unpaired) electrons. The SMILES string of the molecule is CC1CN(c2ccc(CNc3nc4c(cnn4C(C)(C)C)c(=O)[nH]3)cn2)CCO1. The van der Waals surface area contributed by atoms with Crippen LogP contribution in [0.4, 0.5) is 11.8 Å². The van der Waals surface area contributed by atoms with Gasteiger partial charge in [-0.05, 0) is 39.3 Å². The molecular formula is C20H27N7O2. The molecule has 0 aromatic carbocycles. The minimum absolute atomic E-state index is 0.206. The zero-order valence-corrected chi connectivity index (χ0v) is 17.3. The average Bonchev–Trinajstić information content (AvgIpc) is 3.12. The molecule has 1 aliphatic heterocycles. The molecule has 3 aromatic heterocycles. The molecule has 9 heteroatoms. The first-order valence-electron chi connectivity index (χ1n) is 9.85. The van der Waals surface area contributed by atoms with Crippen LogP contribution in [0.1, 0.15) is 33.3 Å². The van der Waals surface area contributed by atoms with Gasteiger partial charge in [-0.1, -0.05) is 6.07 Å². The van der Waals surface area contributed by atoms with Gasteiger partial charge >= 0.3 is 0 Å². The number of aromatic nitrogens is 5. The first kappa shape index (κ1) is 19.4. The third-order valence-electron chi connectivity index (χ3n) is 4.91. The zero-order valence-electron chi connectivity index (χ0n) is 17.3. The van der Waals surface area contributed by atoms with Crippen molar-refractivity contribution in [2.45, 2.75) is 45.9 Å². The molecule has 4 heterocycles. The largest absolute Gasteiger partial charge is 0.375 e. The van der Waals surface area contributed by atoms with Crippen molar-refractivity contribution in [3.8, 4) is 0 Å². The van der Waals surface area contributed by atoms with E-state index in [0.717, 1.165) is 31.1 Å². The number of anilines is 2. The number of pyridine rings is 1. The lowest BCUT2D eigenvalue weighted by molar-refractivity contribution is 0.0529. The van der Waals surface area contributed by atoms with Crippen LogP contribution in [0.15, 0.2) is 29.3 Å². The Bertz CT molecular complexity index is 1050. The molecule has 1 atom stereocenters. The molecule has 29 heavy (non-hydrogen) atoms. The molecule has 4 rings (SSSR count). The van der Waals surface area contributed by atoms with E-state index in [1.165, 1.54) is 0 Å². The van der Waals surface area contributed by atoms with Gasteiger partial charge in [0.15, 0.2) is 5.65 Å². The maximum Gasteiger partial charge on any atom is 0.263 e. The zero-order chi connectivity index (χ0) is 20.6. The molecule has 1 unspecified atom stereocenters. The standard InChI is InChI=1S/C20H27N7O2/c1-13-12-26(7-8-29-13)16-6-5-14(9-21-16)10-22-19-24-17-15(18(28)25-19)11-23-27(17)20(2,3)4/h5-6,9,11,13H,7-8,10,12H2,1-4H3,(H2,22,24,25,28). The van der Waals surface area contributed by atoms with Crippen LogP contribution >= 0.6 is 0 Å². The van der Waals surface area contributed by atoms with Gasteiger partial charge in [0.1, 0.15) is 11.2 Å². The van der Waals surface area contributed by atoms with E-state index < -0.39 is 0 Å². The minimum Gasteiger partial charge on any atom is -0.375 e. The van der Waals surface area contributed by atoms with Crippen LogP contribution in [0.5, 0.6) is 0 Å². The van der Waals surface area contributed by atoms with Crippen LogP contribution in [0.3, 0.4) is 0 Å². The number of nitrogens with zero attached hydrogens (tertiary/aromatic N) is 5. The van der Waals surface area contributed by atoms with Crippen molar-refractivity contribution in [1.29, 1.82) is 0 Å². The molecule has 0 aliphatic carbocycles. The highest BCUT2D eigenvalue weighted by molar-refractivity contribution is 5.74. The fraction of sp³-hybridized carbons (Fsp3) is 0.500. The lowest BCUT2D eigenvalue weighted by atomic mass is 10.1. The molecule has 0 amide bonds. The third kappa shape index (κ3) is 4.09. The first-order chi connectivity index (χ1) is 13.8. The monoisotopic (exact) mass is 397 g/mol. The third-order valence-corrected chi connectivity index (χ3v) is 4.91. The van der Waals surface area contributed by atoms with Crippen LogP contribution in [0, 0.1) is 0 Å². The Morgan fingerprint density at radius 2 is 2.14 bits per heavy atom. The Morgan fingerprint density at radius 1 is 1.31 bits per heavy atom. The first-order valence-corrected chi connectivity index (χ1v) is 9.85. The molecule has 1 saturated heterocycles. The van der Waals surface area contributed by atoms with Crippen LogP contribution in [0.2, 0.25) is 0 Å². The van der Waals surface area contributed by atoms with Crippen molar-refractivity contribution in [1.82, 2.24) is 24.7 Å². The highest BCUT2D eigenvalue weighted by atomic mass is 16.5. The van der Waals surface area contributed by atoms with Gasteiger partial charge in [0, 0.05) is 25.8 Å². The molecule has 154 valence electrons. The quantitative estimate of drug-likeness (QED) is 0.695. The van der Waals surface area contributed by atoms with E-state index in [-0.39, 0.29) is 17.2 Å². The summed E-state index contributed by atoms with van der Waals surface area (Å²) in [5.74, 6) is 1.37. The molecular weight excluding hydrogens is 370 g/mol. The number of H-pyrrole nitrogens is 1. The summed E-state index contributed by atoms with van der Waals surface area (Å²) < 4.78 is 7.35.